The lowest BCUT2D eigenvalue weighted by Crippen LogP contribution is -2.49. The summed E-state index contributed by atoms with van der Waals surface area (Å²) >= 11 is 0. The molecule has 0 bridgehead atoms. The van der Waals surface area contributed by atoms with Gasteiger partial charge in [-0.1, -0.05) is 18.2 Å². The van der Waals surface area contributed by atoms with Crippen molar-refractivity contribution in [3.63, 3.8) is 0 Å². The summed E-state index contributed by atoms with van der Waals surface area (Å²) in [5, 5.41) is 1.04. The highest BCUT2D eigenvalue weighted by molar-refractivity contribution is 5.89. The quantitative estimate of drug-likeness (QED) is 0.700. The van der Waals surface area contributed by atoms with Crippen LogP contribution in [0.5, 0.6) is 5.75 Å². The first-order chi connectivity index (χ1) is 13.8. The van der Waals surface area contributed by atoms with Gasteiger partial charge in [-0.3, -0.25) is 4.79 Å². The number of carbonyl (C=O) groups is 1. The highest BCUT2D eigenvalue weighted by atomic mass is 16.5. The van der Waals surface area contributed by atoms with Crippen LogP contribution in [-0.2, 0) is 17.6 Å². The van der Waals surface area contributed by atoms with E-state index in [4.69, 9.17) is 9.15 Å². The second kappa shape index (κ2) is 7.23. The second-order valence-electron chi connectivity index (χ2n) is 7.55. The number of carbonyl (C=O) groups excluding carboxylic acids is 1. The summed E-state index contributed by atoms with van der Waals surface area (Å²) in [5.74, 6) is 1.09. The largest absolute Gasteiger partial charge is 0.493 e. The van der Waals surface area contributed by atoms with E-state index in [0.29, 0.717) is 6.42 Å². The molecule has 2 aromatic carbocycles. The SMILES string of the molecule is O=C(Cc1coc2cc3c(cc12)CCCO3)N1CCN(c2ccccc2)CC1. The number of furan rings is 1. The van der Waals surface area contributed by atoms with Gasteiger partial charge in [0.1, 0.15) is 11.3 Å². The van der Waals surface area contributed by atoms with E-state index in [1.807, 2.05) is 17.0 Å². The van der Waals surface area contributed by atoms with Crippen LogP contribution in [-0.4, -0.2) is 43.6 Å². The normalized spacial score (nSPS) is 16.7. The molecule has 1 aromatic heterocycles. The van der Waals surface area contributed by atoms with Crippen LogP contribution in [0.3, 0.4) is 0 Å². The fourth-order valence-corrected chi connectivity index (χ4v) is 4.19. The van der Waals surface area contributed by atoms with Crippen LogP contribution in [0.1, 0.15) is 17.5 Å². The lowest BCUT2D eigenvalue weighted by atomic mass is 10.0. The monoisotopic (exact) mass is 376 g/mol. The number of fused-ring (bicyclic) bond motifs is 2. The maximum absolute atomic E-state index is 12.9. The van der Waals surface area contributed by atoms with Crippen molar-refractivity contribution < 1.29 is 13.9 Å². The third-order valence-corrected chi connectivity index (χ3v) is 5.78. The molecule has 3 heterocycles. The van der Waals surface area contributed by atoms with Crippen LogP contribution in [0.4, 0.5) is 5.69 Å². The smallest absolute Gasteiger partial charge is 0.227 e. The van der Waals surface area contributed by atoms with Crippen LogP contribution in [0.15, 0.2) is 53.1 Å². The zero-order valence-corrected chi connectivity index (χ0v) is 15.9. The number of aryl methyl sites for hydroxylation is 1. The number of piperazine rings is 1. The molecule has 3 aromatic rings. The molecule has 0 radical (unpaired) electrons. The molecular formula is C23H24N2O3. The van der Waals surface area contributed by atoms with Crippen molar-refractivity contribution in [3.8, 4) is 5.75 Å². The molecule has 144 valence electrons. The average Bonchev–Trinajstić information content (AvgIpc) is 3.14. The van der Waals surface area contributed by atoms with E-state index < -0.39 is 0 Å². The topological polar surface area (TPSA) is 45.9 Å². The van der Waals surface area contributed by atoms with Crippen LogP contribution in [0.25, 0.3) is 11.0 Å². The number of ether oxygens (including phenoxy) is 1. The number of hydrogen-bond acceptors (Lipinski definition) is 4. The van der Waals surface area contributed by atoms with Crippen molar-refractivity contribution in [2.45, 2.75) is 19.3 Å². The zero-order chi connectivity index (χ0) is 18.9. The first kappa shape index (κ1) is 17.2. The van der Waals surface area contributed by atoms with Crippen molar-refractivity contribution in [1.29, 1.82) is 0 Å². The summed E-state index contributed by atoms with van der Waals surface area (Å²) in [5.41, 5.74) is 4.21. The Morgan fingerprint density at radius 1 is 1.04 bits per heavy atom. The minimum Gasteiger partial charge on any atom is -0.493 e. The molecule has 2 aliphatic heterocycles. The molecule has 1 saturated heterocycles. The summed E-state index contributed by atoms with van der Waals surface area (Å²) < 4.78 is 11.4. The van der Waals surface area contributed by atoms with Gasteiger partial charge in [-0.25, -0.2) is 0 Å². The predicted octanol–water partition coefficient (Wildman–Crippen LogP) is 3.65. The zero-order valence-electron chi connectivity index (χ0n) is 15.9. The van der Waals surface area contributed by atoms with Gasteiger partial charge in [0.15, 0.2) is 0 Å². The van der Waals surface area contributed by atoms with E-state index in [2.05, 4.69) is 35.2 Å². The van der Waals surface area contributed by atoms with Gasteiger partial charge in [-0.2, -0.15) is 0 Å². The highest BCUT2D eigenvalue weighted by Crippen LogP contribution is 2.33. The Morgan fingerprint density at radius 3 is 2.68 bits per heavy atom. The fourth-order valence-electron chi connectivity index (χ4n) is 4.19. The highest BCUT2D eigenvalue weighted by Gasteiger charge is 2.23. The standard InChI is InChI=1S/C23H24N2O3/c26-23(25-10-8-24(9-11-25)19-6-2-1-3-7-19)14-18-16-28-22-15-21-17(13-20(18)22)5-4-12-27-21/h1-3,6-7,13,15-16H,4-5,8-12,14H2. The van der Waals surface area contributed by atoms with Crippen molar-refractivity contribution >= 4 is 22.6 Å². The Balaban J connectivity index is 1.27. The molecule has 1 amide bonds. The van der Waals surface area contributed by atoms with Crippen molar-refractivity contribution in [2.24, 2.45) is 0 Å². The predicted molar refractivity (Wildman–Crippen MR) is 109 cm³/mol. The molecular weight excluding hydrogens is 352 g/mol. The number of amides is 1. The van der Waals surface area contributed by atoms with Crippen LogP contribution >= 0.6 is 0 Å². The van der Waals surface area contributed by atoms with Crippen LogP contribution in [0, 0.1) is 0 Å². The van der Waals surface area contributed by atoms with Gasteiger partial charge in [-0.15, -0.1) is 0 Å². The molecule has 5 nitrogen and oxygen atoms in total. The number of rotatable bonds is 3. The van der Waals surface area contributed by atoms with Crippen LogP contribution in [0.2, 0.25) is 0 Å². The van der Waals surface area contributed by atoms with Crippen molar-refractivity contribution in [1.82, 2.24) is 4.90 Å². The van der Waals surface area contributed by atoms with Crippen molar-refractivity contribution in [2.75, 3.05) is 37.7 Å². The van der Waals surface area contributed by atoms with E-state index >= 15 is 0 Å². The molecule has 5 heteroatoms. The van der Waals surface area contributed by atoms with Gasteiger partial charge in [0.2, 0.25) is 5.91 Å². The van der Waals surface area contributed by atoms with Crippen LogP contribution < -0.4 is 9.64 Å². The van der Waals surface area contributed by atoms with Gasteiger partial charge < -0.3 is 19.0 Å². The third-order valence-electron chi connectivity index (χ3n) is 5.78. The summed E-state index contributed by atoms with van der Waals surface area (Å²) in [7, 11) is 0. The third kappa shape index (κ3) is 3.21. The van der Waals surface area contributed by atoms with Gasteiger partial charge in [0.25, 0.3) is 0 Å². The average molecular weight is 376 g/mol. The van der Waals surface area contributed by atoms with Gasteiger partial charge in [0.05, 0.1) is 19.3 Å². The van der Waals surface area contributed by atoms with Gasteiger partial charge >= 0.3 is 0 Å². The summed E-state index contributed by atoms with van der Waals surface area (Å²) in [6, 6.07) is 14.5. The Morgan fingerprint density at radius 2 is 1.86 bits per heavy atom. The molecule has 1 fully saturated rings. The minimum absolute atomic E-state index is 0.171. The summed E-state index contributed by atoms with van der Waals surface area (Å²) in [6.45, 7) is 4.01. The number of nitrogens with zero attached hydrogens (tertiary/aromatic N) is 2. The summed E-state index contributed by atoms with van der Waals surface area (Å²) in [6.07, 6.45) is 4.17. The maximum atomic E-state index is 12.9. The molecule has 2 aliphatic rings. The first-order valence-corrected chi connectivity index (χ1v) is 10.0. The number of anilines is 1. The number of hydrogen-bond donors (Lipinski definition) is 0. The van der Waals surface area contributed by atoms with E-state index in [9.17, 15) is 4.79 Å². The Hall–Kier alpha value is -2.95. The van der Waals surface area contributed by atoms with E-state index in [1.165, 1.54) is 11.3 Å². The molecule has 0 aliphatic carbocycles. The number of benzene rings is 2. The lowest BCUT2D eigenvalue weighted by Gasteiger charge is -2.36. The Labute approximate surface area is 164 Å². The molecule has 28 heavy (non-hydrogen) atoms. The molecule has 0 saturated carbocycles. The first-order valence-electron chi connectivity index (χ1n) is 10.0. The fraction of sp³-hybridized carbons (Fsp3) is 0.348. The Bertz CT molecular complexity index is 988. The van der Waals surface area contributed by atoms with Gasteiger partial charge in [-0.05, 0) is 36.6 Å². The van der Waals surface area contributed by atoms with Crippen molar-refractivity contribution in [3.05, 3.63) is 59.9 Å². The molecule has 0 N–H and O–H groups in total. The molecule has 0 spiro atoms. The molecule has 0 atom stereocenters. The molecule has 5 rings (SSSR count). The second-order valence-corrected chi connectivity index (χ2v) is 7.55. The van der Waals surface area contributed by atoms with E-state index in [0.717, 1.165) is 67.9 Å². The maximum Gasteiger partial charge on any atom is 0.227 e. The van der Waals surface area contributed by atoms with Gasteiger partial charge in [0, 0.05) is 48.9 Å². The Kier molecular flexibility index (Phi) is 4.43. The van der Waals surface area contributed by atoms with E-state index in [1.54, 1.807) is 6.26 Å². The minimum atomic E-state index is 0.171. The number of para-hydroxylation sites is 1. The molecule has 0 unspecified atom stereocenters. The summed E-state index contributed by atoms with van der Waals surface area (Å²) in [4.78, 5) is 17.2. The lowest BCUT2D eigenvalue weighted by molar-refractivity contribution is -0.130. The van der Waals surface area contributed by atoms with E-state index in [-0.39, 0.29) is 5.91 Å².